The first-order chi connectivity index (χ1) is 12.8. The molecular weight excluding hydrogens is 350 g/mol. The second kappa shape index (κ2) is 6.76. The minimum absolute atomic E-state index is 0.158. The molecular formula is C20H29NO6. The van der Waals surface area contributed by atoms with Gasteiger partial charge in [0, 0.05) is 13.1 Å². The summed E-state index contributed by atoms with van der Waals surface area (Å²) in [5.41, 5.74) is -1.32. The molecule has 7 heteroatoms. The highest BCUT2D eigenvalue weighted by Crippen LogP contribution is 2.61. The van der Waals surface area contributed by atoms with Crippen LogP contribution < -0.4 is 0 Å². The highest BCUT2D eigenvalue weighted by Gasteiger charge is 2.61. The predicted octanol–water partition coefficient (Wildman–Crippen LogP) is 1.27. The molecule has 27 heavy (non-hydrogen) atoms. The van der Waals surface area contributed by atoms with E-state index in [-0.39, 0.29) is 30.4 Å². The van der Waals surface area contributed by atoms with Crippen LogP contribution in [0.1, 0.15) is 51.4 Å². The van der Waals surface area contributed by atoms with Crippen LogP contribution in [0.3, 0.4) is 0 Å². The Morgan fingerprint density at radius 1 is 1.07 bits per heavy atom. The summed E-state index contributed by atoms with van der Waals surface area (Å²) in [6.45, 7) is 0.702. The van der Waals surface area contributed by atoms with E-state index in [9.17, 15) is 19.5 Å². The molecule has 7 nitrogen and oxygen atoms in total. The monoisotopic (exact) mass is 379 g/mol. The summed E-state index contributed by atoms with van der Waals surface area (Å²) >= 11 is 0. The molecule has 0 spiro atoms. The van der Waals surface area contributed by atoms with Crippen LogP contribution in [0.15, 0.2) is 0 Å². The zero-order chi connectivity index (χ0) is 19.2. The molecule has 5 fully saturated rings. The number of amides is 1. The molecule has 0 aromatic carbocycles. The lowest BCUT2D eigenvalue weighted by molar-refractivity contribution is -0.197. The molecule has 1 amide bonds. The number of carbonyl (C=O) groups is 3. The fourth-order valence-electron chi connectivity index (χ4n) is 6.36. The fraction of sp³-hybridized carbons (Fsp3) is 0.850. The van der Waals surface area contributed by atoms with Crippen LogP contribution in [0, 0.1) is 23.2 Å². The number of methoxy groups -OCH3 is 1. The summed E-state index contributed by atoms with van der Waals surface area (Å²) in [7, 11) is 1.38. The Bertz CT molecular complexity index is 624. The third-order valence-electron chi connectivity index (χ3n) is 7.17. The normalized spacial score (nSPS) is 37.9. The molecule has 4 saturated carbocycles. The zero-order valence-electron chi connectivity index (χ0n) is 15.9. The van der Waals surface area contributed by atoms with Crippen molar-refractivity contribution < 1.29 is 29.0 Å². The summed E-state index contributed by atoms with van der Waals surface area (Å²) < 4.78 is 10.2. The van der Waals surface area contributed by atoms with Crippen LogP contribution in [0.2, 0.25) is 0 Å². The number of aliphatic hydroxyl groups is 1. The standard InChI is InChI=1S/C20H29NO6/c1-26-17(23)15-2-4-21(5-3-15)16(22)11-27-18(24)19-7-13-6-14(8-19)10-20(25,9-13)12-19/h13-15,25H,2-12H2,1H3/t13-,14-,19?,20?/m0/s1. The molecule has 5 rings (SSSR count). The molecule has 4 aliphatic carbocycles. The van der Waals surface area contributed by atoms with Gasteiger partial charge in [-0.2, -0.15) is 0 Å². The third kappa shape index (κ3) is 3.46. The van der Waals surface area contributed by atoms with Gasteiger partial charge in [-0.3, -0.25) is 14.4 Å². The minimum Gasteiger partial charge on any atom is -0.469 e. The number of ether oxygens (including phenoxy) is 2. The number of piperidine rings is 1. The number of hydrogen-bond donors (Lipinski definition) is 1. The van der Waals surface area contributed by atoms with E-state index in [1.165, 1.54) is 7.11 Å². The van der Waals surface area contributed by atoms with Crippen LogP contribution in [-0.4, -0.2) is 60.3 Å². The van der Waals surface area contributed by atoms with Crippen LogP contribution in [0.5, 0.6) is 0 Å². The molecule has 0 radical (unpaired) electrons. The minimum atomic E-state index is -0.719. The van der Waals surface area contributed by atoms with E-state index in [1.54, 1.807) is 4.90 Å². The number of esters is 2. The van der Waals surface area contributed by atoms with E-state index in [1.807, 2.05) is 0 Å². The number of rotatable bonds is 4. The quantitative estimate of drug-likeness (QED) is 0.740. The lowest BCUT2D eigenvalue weighted by atomic mass is 9.48. The Hall–Kier alpha value is -1.63. The summed E-state index contributed by atoms with van der Waals surface area (Å²) in [6.07, 6.45) is 5.89. The lowest BCUT2D eigenvalue weighted by Gasteiger charge is -2.58. The Morgan fingerprint density at radius 3 is 2.26 bits per heavy atom. The van der Waals surface area contributed by atoms with Gasteiger partial charge in [0.2, 0.25) is 0 Å². The van der Waals surface area contributed by atoms with Crippen LogP contribution in [0.4, 0.5) is 0 Å². The second-order valence-electron chi connectivity index (χ2n) is 9.22. The molecule has 0 unspecified atom stereocenters. The average molecular weight is 379 g/mol. The first kappa shape index (κ1) is 18.7. The molecule has 1 aliphatic heterocycles. The predicted molar refractivity (Wildman–Crippen MR) is 94.3 cm³/mol. The van der Waals surface area contributed by atoms with Gasteiger partial charge in [-0.1, -0.05) is 0 Å². The Morgan fingerprint density at radius 2 is 1.70 bits per heavy atom. The van der Waals surface area contributed by atoms with E-state index in [0.717, 1.165) is 32.1 Å². The van der Waals surface area contributed by atoms with Crippen molar-refractivity contribution in [3.63, 3.8) is 0 Å². The molecule has 1 N–H and O–H groups in total. The Labute approximate surface area is 159 Å². The van der Waals surface area contributed by atoms with Crippen molar-refractivity contribution in [2.45, 2.75) is 57.0 Å². The van der Waals surface area contributed by atoms with Gasteiger partial charge in [-0.05, 0) is 63.2 Å². The molecule has 2 atom stereocenters. The van der Waals surface area contributed by atoms with Crippen molar-refractivity contribution in [1.29, 1.82) is 0 Å². The third-order valence-corrected chi connectivity index (χ3v) is 7.17. The fourth-order valence-corrected chi connectivity index (χ4v) is 6.36. The smallest absolute Gasteiger partial charge is 0.312 e. The van der Waals surface area contributed by atoms with E-state index >= 15 is 0 Å². The molecule has 150 valence electrons. The summed E-state index contributed by atoms with van der Waals surface area (Å²) in [4.78, 5) is 38.5. The number of hydrogen-bond acceptors (Lipinski definition) is 6. The number of nitrogens with zero attached hydrogens (tertiary/aromatic N) is 1. The second-order valence-corrected chi connectivity index (χ2v) is 9.22. The topological polar surface area (TPSA) is 93.1 Å². The van der Waals surface area contributed by atoms with E-state index in [2.05, 4.69) is 0 Å². The van der Waals surface area contributed by atoms with Crippen molar-refractivity contribution in [3.05, 3.63) is 0 Å². The average Bonchev–Trinajstić information content (AvgIpc) is 2.63. The van der Waals surface area contributed by atoms with Gasteiger partial charge in [0.05, 0.1) is 24.0 Å². The zero-order valence-corrected chi connectivity index (χ0v) is 15.9. The van der Waals surface area contributed by atoms with E-state index in [0.29, 0.717) is 44.2 Å². The van der Waals surface area contributed by atoms with Crippen molar-refractivity contribution in [2.75, 3.05) is 26.8 Å². The van der Waals surface area contributed by atoms with Gasteiger partial charge < -0.3 is 19.5 Å². The van der Waals surface area contributed by atoms with Crippen LogP contribution in [-0.2, 0) is 23.9 Å². The maximum Gasteiger partial charge on any atom is 0.312 e. The summed E-state index contributed by atoms with van der Waals surface area (Å²) in [5, 5.41) is 10.8. The Balaban J connectivity index is 1.30. The van der Waals surface area contributed by atoms with Crippen LogP contribution in [0.25, 0.3) is 0 Å². The largest absolute Gasteiger partial charge is 0.469 e. The highest BCUT2D eigenvalue weighted by molar-refractivity contribution is 5.83. The molecule has 0 aromatic heterocycles. The van der Waals surface area contributed by atoms with E-state index in [4.69, 9.17) is 9.47 Å². The SMILES string of the molecule is COC(=O)C1CCN(C(=O)COC(=O)C23C[C@@H]4C[C@H](CC(O)(C4)C2)C3)CC1. The van der Waals surface area contributed by atoms with E-state index < -0.39 is 11.0 Å². The molecule has 1 saturated heterocycles. The van der Waals surface area contributed by atoms with Gasteiger partial charge in [-0.25, -0.2) is 0 Å². The van der Waals surface area contributed by atoms with Gasteiger partial charge in [0.15, 0.2) is 6.61 Å². The summed E-state index contributed by atoms with van der Waals surface area (Å²) in [6, 6.07) is 0. The number of carbonyl (C=O) groups excluding carboxylic acids is 3. The molecule has 1 heterocycles. The van der Waals surface area contributed by atoms with Crippen molar-refractivity contribution in [1.82, 2.24) is 4.90 Å². The van der Waals surface area contributed by atoms with Gasteiger partial charge in [0.25, 0.3) is 5.91 Å². The van der Waals surface area contributed by atoms with Gasteiger partial charge in [0.1, 0.15) is 0 Å². The Kier molecular flexibility index (Phi) is 4.69. The van der Waals surface area contributed by atoms with Gasteiger partial charge in [-0.15, -0.1) is 0 Å². The van der Waals surface area contributed by atoms with Crippen molar-refractivity contribution in [2.24, 2.45) is 23.2 Å². The maximum atomic E-state index is 12.8. The van der Waals surface area contributed by atoms with Crippen LogP contribution >= 0.6 is 0 Å². The molecule has 0 aromatic rings. The van der Waals surface area contributed by atoms with Crippen molar-refractivity contribution in [3.8, 4) is 0 Å². The van der Waals surface area contributed by atoms with Gasteiger partial charge >= 0.3 is 11.9 Å². The first-order valence-corrected chi connectivity index (χ1v) is 10.1. The summed E-state index contributed by atoms with van der Waals surface area (Å²) in [5.74, 6) is -0.112. The molecule has 4 bridgehead atoms. The molecule has 5 aliphatic rings. The number of likely N-dealkylation sites (tertiary alicyclic amines) is 1. The van der Waals surface area contributed by atoms with Crippen molar-refractivity contribution >= 4 is 17.8 Å². The maximum absolute atomic E-state index is 12.8. The first-order valence-electron chi connectivity index (χ1n) is 10.1. The highest BCUT2D eigenvalue weighted by atomic mass is 16.5. The lowest BCUT2D eigenvalue weighted by Crippen LogP contribution is -2.58.